The lowest BCUT2D eigenvalue weighted by Crippen LogP contribution is -2.38. The zero-order chi connectivity index (χ0) is 18.9. The highest BCUT2D eigenvalue weighted by atomic mass is 16.5. The third-order valence-electron chi connectivity index (χ3n) is 4.03. The van der Waals surface area contributed by atoms with Crippen molar-refractivity contribution in [1.82, 2.24) is 4.90 Å². The number of ether oxygens (including phenoxy) is 1. The molecule has 0 aliphatic carbocycles. The van der Waals surface area contributed by atoms with Gasteiger partial charge in [-0.05, 0) is 36.6 Å². The Balaban J connectivity index is 2.09. The van der Waals surface area contributed by atoms with Crippen LogP contribution in [0.15, 0.2) is 48.5 Å². The molecule has 0 spiro atoms. The average molecular weight is 355 g/mol. The molecule has 2 aromatic rings. The van der Waals surface area contributed by atoms with Crippen molar-refractivity contribution in [1.29, 1.82) is 0 Å². The number of carbonyl (C=O) groups is 2. The summed E-state index contributed by atoms with van der Waals surface area (Å²) in [6, 6.07) is 15.2. The Labute approximate surface area is 153 Å². The van der Waals surface area contributed by atoms with Crippen LogP contribution in [0.4, 0.5) is 10.5 Å². The number of urea groups is 1. The molecule has 0 fully saturated rings. The van der Waals surface area contributed by atoms with Crippen molar-refractivity contribution >= 4 is 17.6 Å². The number of anilines is 1. The van der Waals surface area contributed by atoms with E-state index in [1.165, 1.54) is 0 Å². The third kappa shape index (κ3) is 5.81. The number of nitrogens with two attached hydrogens (primary N) is 1. The smallest absolute Gasteiger partial charge is 0.321 e. The molecule has 26 heavy (non-hydrogen) atoms. The highest BCUT2D eigenvalue weighted by Crippen LogP contribution is 2.25. The molecule has 0 radical (unpaired) electrons. The molecule has 0 unspecified atom stereocenters. The Morgan fingerprint density at radius 3 is 2.50 bits per heavy atom. The Hall–Kier alpha value is -3.02. The second-order valence-electron chi connectivity index (χ2n) is 6.07. The molecule has 0 bridgehead atoms. The van der Waals surface area contributed by atoms with Crippen molar-refractivity contribution in [3.8, 4) is 5.75 Å². The minimum Gasteiger partial charge on any atom is -0.495 e. The minimum absolute atomic E-state index is 0.118. The molecule has 3 N–H and O–H groups in total. The van der Waals surface area contributed by atoms with Crippen LogP contribution in [-0.4, -0.2) is 37.0 Å². The Morgan fingerprint density at radius 2 is 1.85 bits per heavy atom. The maximum atomic E-state index is 12.7. The molecule has 0 saturated heterocycles. The zero-order valence-corrected chi connectivity index (χ0v) is 15.2. The molecule has 2 aromatic carbocycles. The molecule has 0 aromatic heterocycles. The van der Waals surface area contributed by atoms with E-state index in [9.17, 15) is 9.59 Å². The molecular formula is C20H25N3O3. The second kappa shape index (κ2) is 9.46. The lowest BCUT2D eigenvalue weighted by Gasteiger charge is -2.23. The first-order valence-electron chi connectivity index (χ1n) is 8.52. The second-order valence-corrected chi connectivity index (χ2v) is 6.07. The van der Waals surface area contributed by atoms with E-state index >= 15 is 0 Å². The number of methoxy groups -OCH3 is 1. The first-order chi connectivity index (χ1) is 12.5. The van der Waals surface area contributed by atoms with E-state index in [1.807, 2.05) is 55.5 Å². The van der Waals surface area contributed by atoms with E-state index in [4.69, 9.17) is 10.5 Å². The number of hydrogen-bond donors (Lipinski definition) is 2. The number of benzene rings is 2. The van der Waals surface area contributed by atoms with Gasteiger partial charge in [-0.3, -0.25) is 4.79 Å². The number of primary amides is 1. The largest absolute Gasteiger partial charge is 0.495 e. The van der Waals surface area contributed by atoms with E-state index in [2.05, 4.69) is 5.32 Å². The molecule has 138 valence electrons. The predicted octanol–water partition coefficient (Wildman–Crippen LogP) is 2.96. The van der Waals surface area contributed by atoms with E-state index in [-0.39, 0.29) is 19.0 Å². The van der Waals surface area contributed by atoms with Crippen LogP contribution >= 0.6 is 0 Å². The van der Waals surface area contributed by atoms with E-state index in [0.717, 1.165) is 11.1 Å². The zero-order valence-electron chi connectivity index (χ0n) is 15.2. The van der Waals surface area contributed by atoms with Crippen LogP contribution in [0.3, 0.4) is 0 Å². The maximum Gasteiger partial charge on any atom is 0.321 e. The van der Waals surface area contributed by atoms with Crippen molar-refractivity contribution in [2.45, 2.75) is 19.8 Å². The molecule has 0 heterocycles. The van der Waals surface area contributed by atoms with Gasteiger partial charge in [0.05, 0.1) is 12.8 Å². The van der Waals surface area contributed by atoms with Gasteiger partial charge >= 0.3 is 6.03 Å². The van der Waals surface area contributed by atoms with Crippen molar-refractivity contribution < 1.29 is 14.3 Å². The van der Waals surface area contributed by atoms with E-state index in [1.54, 1.807) is 12.0 Å². The fourth-order valence-corrected chi connectivity index (χ4v) is 2.58. The quantitative estimate of drug-likeness (QED) is 0.763. The molecule has 0 aliphatic rings. The SMILES string of the molecule is COc1ccc(C)cc1NC(=O)N(CCC(N)=O)CCc1ccccc1. The maximum absolute atomic E-state index is 12.7. The number of amides is 3. The fourth-order valence-electron chi connectivity index (χ4n) is 2.58. The molecule has 3 amide bonds. The molecule has 2 rings (SSSR count). The lowest BCUT2D eigenvalue weighted by molar-refractivity contribution is -0.118. The summed E-state index contributed by atoms with van der Waals surface area (Å²) in [4.78, 5) is 25.5. The van der Waals surface area contributed by atoms with Crippen molar-refractivity contribution in [2.75, 3.05) is 25.5 Å². The van der Waals surface area contributed by atoms with Crippen LogP contribution in [0.1, 0.15) is 17.5 Å². The Kier molecular flexibility index (Phi) is 7.02. The van der Waals surface area contributed by atoms with Gasteiger partial charge < -0.3 is 20.7 Å². The van der Waals surface area contributed by atoms with Crippen LogP contribution in [0, 0.1) is 6.92 Å². The summed E-state index contributed by atoms with van der Waals surface area (Å²) in [5, 5.41) is 2.87. The standard InChI is InChI=1S/C20H25N3O3/c1-15-8-9-18(26-2)17(14-15)22-20(25)23(13-11-19(21)24)12-10-16-6-4-3-5-7-16/h3-9,14H,10-13H2,1-2H3,(H2,21,24)(H,22,25). The van der Waals surface area contributed by atoms with Crippen molar-refractivity contribution in [3.05, 3.63) is 59.7 Å². The predicted molar refractivity (Wildman–Crippen MR) is 102 cm³/mol. The monoisotopic (exact) mass is 355 g/mol. The van der Waals surface area contributed by atoms with Crippen LogP contribution in [-0.2, 0) is 11.2 Å². The molecule has 6 heteroatoms. The van der Waals surface area contributed by atoms with Gasteiger partial charge in [0.2, 0.25) is 5.91 Å². The summed E-state index contributed by atoms with van der Waals surface area (Å²) in [5.41, 5.74) is 7.98. The van der Waals surface area contributed by atoms with Gasteiger partial charge in [0.25, 0.3) is 0 Å². The molecule has 6 nitrogen and oxygen atoms in total. The average Bonchev–Trinajstić information content (AvgIpc) is 2.62. The summed E-state index contributed by atoms with van der Waals surface area (Å²) in [5.74, 6) is 0.150. The van der Waals surface area contributed by atoms with Gasteiger partial charge in [0, 0.05) is 19.5 Å². The first-order valence-corrected chi connectivity index (χ1v) is 8.52. The van der Waals surface area contributed by atoms with Gasteiger partial charge in [-0.2, -0.15) is 0 Å². The number of rotatable bonds is 8. The van der Waals surface area contributed by atoms with Crippen LogP contribution < -0.4 is 15.8 Å². The summed E-state index contributed by atoms with van der Waals surface area (Å²) in [6.45, 7) is 2.69. The summed E-state index contributed by atoms with van der Waals surface area (Å²) >= 11 is 0. The topological polar surface area (TPSA) is 84.7 Å². The number of aryl methyl sites for hydroxylation is 1. The first kappa shape index (κ1) is 19.3. The van der Waals surface area contributed by atoms with E-state index < -0.39 is 5.91 Å². The molecule has 0 saturated carbocycles. The third-order valence-corrected chi connectivity index (χ3v) is 4.03. The number of hydrogen-bond acceptors (Lipinski definition) is 3. The molecular weight excluding hydrogens is 330 g/mol. The minimum atomic E-state index is -0.435. The Bertz CT molecular complexity index is 747. The van der Waals surface area contributed by atoms with Gasteiger partial charge in [0.1, 0.15) is 5.75 Å². The normalized spacial score (nSPS) is 10.2. The summed E-state index contributed by atoms with van der Waals surface area (Å²) < 4.78 is 5.30. The van der Waals surface area contributed by atoms with Crippen LogP contribution in [0.2, 0.25) is 0 Å². The fraction of sp³-hybridized carbons (Fsp3) is 0.300. The van der Waals surface area contributed by atoms with Gasteiger partial charge in [-0.1, -0.05) is 36.4 Å². The Morgan fingerprint density at radius 1 is 1.12 bits per heavy atom. The highest BCUT2D eigenvalue weighted by Gasteiger charge is 2.16. The van der Waals surface area contributed by atoms with Crippen LogP contribution in [0.5, 0.6) is 5.75 Å². The van der Waals surface area contributed by atoms with E-state index in [0.29, 0.717) is 24.4 Å². The molecule has 0 atom stereocenters. The summed E-state index contributed by atoms with van der Waals surface area (Å²) in [6.07, 6.45) is 0.811. The van der Waals surface area contributed by atoms with Gasteiger partial charge in [0.15, 0.2) is 0 Å². The van der Waals surface area contributed by atoms with Gasteiger partial charge in [-0.15, -0.1) is 0 Å². The van der Waals surface area contributed by atoms with Gasteiger partial charge in [-0.25, -0.2) is 4.79 Å². The van der Waals surface area contributed by atoms with Crippen LogP contribution in [0.25, 0.3) is 0 Å². The number of nitrogens with one attached hydrogen (secondary N) is 1. The molecule has 0 aliphatic heterocycles. The number of carbonyl (C=O) groups excluding carboxylic acids is 2. The van der Waals surface area contributed by atoms with Crippen molar-refractivity contribution in [3.63, 3.8) is 0 Å². The highest BCUT2D eigenvalue weighted by molar-refractivity contribution is 5.91. The summed E-state index contributed by atoms with van der Waals surface area (Å²) in [7, 11) is 1.56. The van der Waals surface area contributed by atoms with Crippen molar-refractivity contribution in [2.24, 2.45) is 5.73 Å². The lowest BCUT2D eigenvalue weighted by atomic mass is 10.1. The number of nitrogens with zero attached hydrogens (tertiary/aromatic N) is 1.